The molecule has 1 saturated carbocycles. The summed E-state index contributed by atoms with van der Waals surface area (Å²) in [5.41, 5.74) is 0.401. The summed E-state index contributed by atoms with van der Waals surface area (Å²) < 4.78 is 0. The molecule has 2 aliphatic rings. The van der Waals surface area contributed by atoms with Crippen LogP contribution in [0, 0.1) is 18.3 Å². The van der Waals surface area contributed by atoms with E-state index in [0.29, 0.717) is 17.5 Å². The molecule has 1 N–H and O–H groups in total. The van der Waals surface area contributed by atoms with Gasteiger partial charge in [-0.05, 0) is 18.8 Å². The molecule has 1 spiro atoms. The average Bonchev–Trinajstić information content (AvgIpc) is 2.37. The Morgan fingerprint density at radius 1 is 1.33 bits per heavy atom. The molecular weight excluding hydrogens is 220 g/mol. The molecule has 0 aromatic heterocycles. The number of rotatable bonds is 3. The number of hydrogen-bond acceptors (Lipinski definition) is 2. The lowest BCUT2D eigenvalue weighted by atomic mass is 9.78. The van der Waals surface area contributed by atoms with Gasteiger partial charge < -0.3 is 5.32 Å². The monoisotopic (exact) mass is 248 g/mol. The van der Waals surface area contributed by atoms with Crippen molar-refractivity contribution in [2.75, 3.05) is 19.6 Å². The van der Waals surface area contributed by atoms with Gasteiger partial charge in [0.05, 0.1) is 0 Å². The summed E-state index contributed by atoms with van der Waals surface area (Å²) in [6, 6.07) is 0.658. The van der Waals surface area contributed by atoms with Gasteiger partial charge in [0.2, 0.25) is 0 Å². The van der Waals surface area contributed by atoms with Crippen LogP contribution in [0.15, 0.2) is 0 Å². The van der Waals surface area contributed by atoms with Crippen LogP contribution < -0.4 is 5.32 Å². The third kappa shape index (κ3) is 3.08. The number of terminal acetylenes is 1. The van der Waals surface area contributed by atoms with Gasteiger partial charge >= 0.3 is 0 Å². The van der Waals surface area contributed by atoms with Gasteiger partial charge in [-0.2, -0.15) is 0 Å². The van der Waals surface area contributed by atoms with Crippen LogP contribution in [0.1, 0.15) is 52.4 Å². The van der Waals surface area contributed by atoms with E-state index in [9.17, 15) is 0 Å². The minimum Gasteiger partial charge on any atom is -0.308 e. The Labute approximate surface area is 113 Å². The van der Waals surface area contributed by atoms with E-state index >= 15 is 0 Å². The van der Waals surface area contributed by atoms with Crippen molar-refractivity contribution >= 4 is 0 Å². The molecule has 2 heteroatoms. The van der Waals surface area contributed by atoms with Gasteiger partial charge in [0, 0.05) is 37.6 Å². The molecule has 0 aromatic rings. The number of hydrogen-bond donors (Lipinski definition) is 1. The summed E-state index contributed by atoms with van der Waals surface area (Å²) >= 11 is 0. The van der Waals surface area contributed by atoms with Crippen LogP contribution in [0.25, 0.3) is 0 Å². The highest BCUT2D eigenvalue weighted by molar-refractivity contribution is 5.01. The lowest BCUT2D eigenvalue weighted by Gasteiger charge is -2.50. The van der Waals surface area contributed by atoms with Crippen molar-refractivity contribution < 1.29 is 0 Å². The molecule has 1 heterocycles. The summed E-state index contributed by atoms with van der Waals surface area (Å²) in [6.07, 6.45) is 13.2. The van der Waals surface area contributed by atoms with Gasteiger partial charge in [-0.15, -0.1) is 12.3 Å². The Balaban J connectivity index is 2.02. The van der Waals surface area contributed by atoms with Gasteiger partial charge in [-0.3, -0.25) is 4.90 Å². The maximum atomic E-state index is 5.44. The van der Waals surface area contributed by atoms with Gasteiger partial charge in [0.25, 0.3) is 0 Å². The summed E-state index contributed by atoms with van der Waals surface area (Å²) in [6.45, 7) is 8.07. The highest BCUT2D eigenvalue weighted by Crippen LogP contribution is 2.33. The molecule has 1 atom stereocenters. The first-order valence-electron chi connectivity index (χ1n) is 7.59. The van der Waals surface area contributed by atoms with Gasteiger partial charge in [0.15, 0.2) is 0 Å². The van der Waals surface area contributed by atoms with Crippen LogP contribution in [0.4, 0.5) is 0 Å². The zero-order chi connectivity index (χ0) is 13.0. The van der Waals surface area contributed by atoms with E-state index in [4.69, 9.17) is 6.42 Å². The fourth-order valence-corrected chi connectivity index (χ4v) is 3.69. The first kappa shape index (κ1) is 13.9. The van der Waals surface area contributed by atoms with Crippen molar-refractivity contribution in [3.8, 4) is 12.3 Å². The average molecular weight is 248 g/mol. The summed E-state index contributed by atoms with van der Waals surface area (Å²) in [7, 11) is 0. The Morgan fingerprint density at radius 2 is 2.06 bits per heavy atom. The van der Waals surface area contributed by atoms with Crippen LogP contribution >= 0.6 is 0 Å². The van der Waals surface area contributed by atoms with Crippen LogP contribution in [-0.2, 0) is 0 Å². The topological polar surface area (TPSA) is 15.3 Å². The molecule has 0 aromatic carbocycles. The highest BCUT2D eigenvalue weighted by atomic mass is 15.3. The Bertz CT molecular complexity index is 297. The van der Waals surface area contributed by atoms with E-state index in [1.165, 1.54) is 38.6 Å². The predicted molar refractivity (Wildman–Crippen MR) is 77.5 cm³/mol. The third-order valence-corrected chi connectivity index (χ3v) is 4.78. The molecular formula is C16H28N2. The SMILES string of the molecule is C#CCCN1CC2(CCCCC2)NCC1C(C)C. The fourth-order valence-electron chi connectivity index (χ4n) is 3.69. The van der Waals surface area contributed by atoms with E-state index in [1.807, 2.05) is 0 Å². The van der Waals surface area contributed by atoms with Crippen LogP contribution in [0.5, 0.6) is 0 Å². The molecule has 0 amide bonds. The summed E-state index contributed by atoms with van der Waals surface area (Å²) in [5.74, 6) is 3.51. The van der Waals surface area contributed by atoms with Crippen molar-refractivity contribution in [3.05, 3.63) is 0 Å². The minimum absolute atomic E-state index is 0.401. The molecule has 1 saturated heterocycles. The Kier molecular flexibility index (Phi) is 4.70. The zero-order valence-electron chi connectivity index (χ0n) is 12.0. The third-order valence-electron chi connectivity index (χ3n) is 4.78. The van der Waals surface area contributed by atoms with Crippen LogP contribution in [-0.4, -0.2) is 36.1 Å². The summed E-state index contributed by atoms with van der Waals surface area (Å²) in [4.78, 5) is 2.66. The number of nitrogens with one attached hydrogen (secondary N) is 1. The van der Waals surface area contributed by atoms with E-state index in [2.05, 4.69) is 30.0 Å². The Morgan fingerprint density at radius 3 is 2.67 bits per heavy atom. The second-order valence-electron chi connectivity index (χ2n) is 6.46. The fraction of sp³-hybridized carbons (Fsp3) is 0.875. The first-order valence-corrected chi connectivity index (χ1v) is 7.59. The maximum absolute atomic E-state index is 5.44. The molecule has 2 fully saturated rings. The molecule has 1 aliphatic heterocycles. The Hall–Kier alpha value is -0.520. The van der Waals surface area contributed by atoms with E-state index < -0.39 is 0 Å². The lowest BCUT2D eigenvalue weighted by Crippen LogP contribution is -2.65. The molecule has 0 bridgehead atoms. The minimum atomic E-state index is 0.401. The molecule has 1 aliphatic carbocycles. The molecule has 1 unspecified atom stereocenters. The second-order valence-corrected chi connectivity index (χ2v) is 6.46. The quantitative estimate of drug-likeness (QED) is 0.773. The molecule has 102 valence electrons. The van der Waals surface area contributed by atoms with Crippen molar-refractivity contribution in [1.29, 1.82) is 0 Å². The number of nitrogens with zero attached hydrogens (tertiary/aromatic N) is 1. The standard InChI is InChI=1S/C16H28N2/c1-4-5-11-18-13-16(9-7-6-8-10-16)17-12-15(18)14(2)3/h1,14-15,17H,5-13H2,2-3H3. The first-order chi connectivity index (χ1) is 8.67. The zero-order valence-corrected chi connectivity index (χ0v) is 12.0. The van der Waals surface area contributed by atoms with Gasteiger partial charge in [0.1, 0.15) is 0 Å². The van der Waals surface area contributed by atoms with Gasteiger partial charge in [-0.25, -0.2) is 0 Å². The molecule has 0 radical (unpaired) electrons. The normalized spacial score (nSPS) is 28.4. The summed E-state index contributed by atoms with van der Waals surface area (Å²) in [5, 5.41) is 3.88. The van der Waals surface area contributed by atoms with E-state index in [1.54, 1.807) is 0 Å². The van der Waals surface area contributed by atoms with Crippen LogP contribution in [0.2, 0.25) is 0 Å². The van der Waals surface area contributed by atoms with Crippen molar-refractivity contribution in [3.63, 3.8) is 0 Å². The highest BCUT2D eigenvalue weighted by Gasteiger charge is 2.40. The van der Waals surface area contributed by atoms with Gasteiger partial charge in [-0.1, -0.05) is 33.1 Å². The second kappa shape index (κ2) is 6.08. The molecule has 18 heavy (non-hydrogen) atoms. The lowest BCUT2D eigenvalue weighted by molar-refractivity contribution is 0.0382. The van der Waals surface area contributed by atoms with E-state index in [0.717, 1.165) is 19.5 Å². The van der Waals surface area contributed by atoms with Crippen molar-refractivity contribution in [2.45, 2.75) is 64.0 Å². The van der Waals surface area contributed by atoms with E-state index in [-0.39, 0.29) is 0 Å². The predicted octanol–water partition coefficient (Wildman–Crippen LogP) is 2.64. The van der Waals surface area contributed by atoms with Crippen molar-refractivity contribution in [2.24, 2.45) is 5.92 Å². The van der Waals surface area contributed by atoms with Crippen molar-refractivity contribution in [1.82, 2.24) is 10.2 Å². The smallest absolute Gasteiger partial charge is 0.0309 e. The molecule has 2 nitrogen and oxygen atoms in total. The van der Waals surface area contributed by atoms with Crippen LogP contribution in [0.3, 0.4) is 0 Å². The number of piperazine rings is 1. The maximum Gasteiger partial charge on any atom is 0.0309 e. The largest absolute Gasteiger partial charge is 0.308 e. The molecule has 2 rings (SSSR count).